The summed E-state index contributed by atoms with van der Waals surface area (Å²) < 4.78 is 0. The van der Waals surface area contributed by atoms with Crippen molar-refractivity contribution >= 4 is 17.3 Å². The fourth-order valence-electron chi connectivity index (χ4n) is 2.24. The molecule has 1 amide bonds. The molecular weight excluding hydrogens is 242 g/mol. The second-order valence-electron chi connectivity index (χ2n) is 4.53. The van der Waals surface area contributed by atoms with E-state index in [0.717, 1.165) is 18.8 Å². The van der Waals surface area contributed by atoms with Crippen LogP contribution in [0.5, 0.6) is 0 Å². The molecule has 2 heterocycles. The molecule has 1 aromatic heterocycles. The van der Waals surface area contributed by atoms with Gasteiger partial charge in [0.1, 0.15) is 6.33 Å². The number of carbonyl (C=O) groups is 1. The average Bonchev–Trinajstić information content (AvgIpc) is 3.13. The Kier molecular flexibility index (Phi) is 3.14. The molecule has 1 aliphatic rings. The first kappa shape index (κ1) is 11.7. The van der Waals surface area contributed by atoms with Crippen molar-refractivity contribution in [3.8, 4) is 0 Å². The maximum Gasteiger partial charge on any atom is 0.292 e. The Bertz CT molecular complexity index is 543. The van der Waals surface area contributed by atoms with Crippen LogP contribution >= 0.6 is 0 Å². The number of H-pyrrole nitrogens is 1. The molecule has 0 saturated carbocycles. The minimum absolute atomic E-state index is 0.212. The molecule has 2 aromatic rings. The molecule has 1 fully saturated rings. The number of amides is 1. The van der Waals surface area contributed by atoms with Crippen molar-refractivity contribution in [1.82, 2.24) is 15.2 Å². The third-order valence-corrected chi connectivity index (χ3v) is 3.23. The summed E-state index contributed by atoms with van der Waals surface area (Å²) in [5.41, 5.74) is 1.96. The Hall–Kier alpha value is -2.37. The highest BCUT2D eigenvalue weighted by atomic mass is 16.2. The maximum absolute atomic E-state index is 11.8. The molecule has 19 heavy (non-hydrogen) atoms. The van der Waals surface area contributed by atoms with E-state index in [1.165, 1.54) is 24.9 Å². The van der Waals surface area contributed by atoms with Gasteiger partial charge in [-0.1, -0.05) is 0 Å². The van der Waals surface area contributed by atoms with Gasteiger partial charge in [0.15, 0.2) is 0 Å². The third-order valence-electron chi connectivity index (χ3n) is 3.23. The standard InChI is InChI=1S/C13H15N5O/c19-13(12-14-9-15-17-12)16-10-3-5-11(6-4-10)18-7-1-2-8-18/h3-6,9H,1-2,7-8H2,(H,16,19)(H,14,15,17). The molecule has 0 atom stereocenters. The second-order valence-corrected chi connectivity index (χ2v) is 4.53. The first-order chi connectivity index (χ1) is 9.33. The summed E-state index contributed by atoms with van der Waals surface area (Å²) in [6, 6.07) is 7.87. The molecule has 6 heteroatoms. The summed E-state index contributed by atoms with van der Waals surface area (Å²) >= 11 is 0. The predicted octanol–water partition coefficient (Wildman–Crippen LogP) is 1.66. The van der Waals surface area contributed by atoms with Crippen molar-refractivity contribution < 1.29 is 4.79 Å². The highest BCUT2D eigenvalue weighted by molar-refractivity contribution is 6.01. The number of aromatic nitrogens is 3. The normalized spacial score (nSPS) is 14.6. The van der Waals surface area contributed by atoms with E-state index in [1.54, 1.807) is 0 Å². The zero-order valence-electron chi connectivity index (χ0n) is 10.5. The van der Waals surface area contributed by atoms with Crippen molar-refractivity contribution in [1.29, 1.82) is 0 Å². The lowest BCUT2D eigenvalue weighted by atomic mass is 10.2. The van der Waals surface area contributed by atoms with E-state index in [1.807, 2.05) is 24.3 Å². The Morgan fingerprint density at radius 3 is 2.58 bits per heavy atom. The highest BCUT2D eigenvalue weighted by Crippen LogP contribution is 2.22. The van der Waals surface area contributed by atoms with Gasteiger partial charge < -0.3 is 10.2 Å². The van der Waals surface area contributed by atoms with Crippen molar-refractivity contribution in [3.63, 3.8) is 0 Å². The van der Waals surface area contributed by atoms with E-state index in [0.29, 0.717) is 0 Å². The van der Waals surface area contributed by atoms with Gasteiger partial charge in [-0.3, -0.25) is 9.89 Å². The van der Waals surface area contributed by atoms with Crippen molar-refractivity contribution in [2.24, 2.45) is 0 Å². The topological polar surface area (TPSA) is 73.9 Å². The van der Waals surface area contributed by atoms with Crippen LogP contribution in [0.2, 0.25) is 0 Å². The molecule has 98 valence electrons. The summed E-state index contributed by atoms with van der Waals surface area (Å²) in [6.45, 7) is 2.23. The highest BCUT2D eigenvalue weighted by Gasteiger charge is 2.12. The smallest absolute Gasteiger partial charge is 0.292 e. The molecule has 2 N–H and O–H groups in total. The molecule has 0 bridgehead atoms. The zero-order chi connectivity index (χ0) is 13.1. The summed E-state index contributed by atoms with van der Waals surface area (Å²) in [6.07, 6.45) is 3.82. The summed E-state index contributed by atoms with van der Waals surface area (Å²) in [5.74, 6) is -0.0740. The van der Waals surface area contributed by atoms with Gasteiger partial charge in [-0.2, -0.15) is 5.10 Å². The van der Waals surface area contributed by atoms with Gasteiger partial charge in [0, 0.05) is 24.5 Å². The Morgan fingerprint density at radius 2 is 1.95 bits per heavy atom. The van der Waals surface area contributed by atoms with E-state index in [4.69, 9.17) is 0 Å². The fraction of sp³-hybridized carbons (Fsp3) is 0.308. The zero-order valence-corrected chi connectivity index (χ0v) is 10.5. The van der Waals surface area contributed by atoms with Crippen LogP contribution in [0, 0.1) is 0 Å². The molecule has 1 saturated heterocycles. The van der Waals surface area contributed by atoms with Gasteiger partial charge in [-0.15, -0.1) is 0 Å². The fourth-order valence-corrected chi connectivity index (χ4v) is 2.24. The van der Waals surface area contributed by atoms with E-state index >= 15 is 0 Å². The Labute approximate surface area is 110 Å². The lowest BCUT2D eigenvalue weighted by Crippen LogP contribution is -2.17. The number of aromatic amines is 1. The first-order valence-electron chi connectivity index (χ1n) is 6.35. The molecule has 0 aliphatic carbocycles. The van der Waals surface area contributed by atoms with Gasteiger partial charge in [0.25, 0.3) is 5.91 Å². The Balaban J connectivity index is 1.67. The monoisotopic (exact) mass is 257 g/mol. The van der Waals surface area contributed by atoms with Crippen LogP contribution in [0.4, 0.5) is 11.4 Å². The van der Waals surface area contributed by atoms with Crippen LogP contribution in [0.25, 0.3) is 0 Å². The summed E-state index contributed by atoms with van der Waals surface area (Å²) in [5, 5.41) is 8.95. The Morgan fingerprint density at radius 1 is 1.21 bits per heavy atom. The quantitative estimate of drug-likeness (QED) is 0.877. The molecule has 1 aliphatic heterocycles. The number of nitrogens with zero attached hydrogens (tertiary/aromatic N) is 3. The van der Waals surface area contributed by atoms with E-state index in [9.17, 15) is 4.79 Å². The number of anilines is 2. The number of benzene rings is 1. The molecule has 3 rings (SSSR count). The number of nitrogens with one attached hydrogen (secondary N) is 2. The molecule has 6 nitrogen and oxygen atoms in total. The first-order valence-corrected chi connectivity index (χ1v) is 6.35. The van der Waals surface area contributed by atoms with Crippen LogP contribution < -0.4 is 10.2 Å². The maximum atomic E-state index is 11.8. The number of hydrogen-bond acceptors (Lipinski definition) is 4. The van der Waals surface area contributed by atoms with Crippen LogP contribution in [0.1, 0.15) is 23.5 Å². The lowest BCUT2D eigenvalue weighted by Gasteiger charge is -2.17. The van der Waals surface area contributed by atoms with Crippen molar-refractivity contribution in [2.75, 3.05) is 23.3 Å². The molecule has 0 radical (unpaired) electrons. The van der Waals surface area contributed by atoms with E-state index in [2.05, 4.69) is 25.4 Å². The predicted molar refractivity (Wildman–Crippen MR) is 72.2 cm³/mol. The molecule has 0 spiro atoms. The summed E-state index contributed by atoms with van der Waals surface area (Å²) in [7, 11) is 0. The molecule has 0 unspecified atom stereocenters. The van der Waals surface area contributed by atoms with Crippen molar-refractivity contribution in [3.05, 3.63) is 36.4 Å². The number of hydrogen-bond donors (Lipinski definition) is 2. The van der Waals surface area contributed by atoms with Gasteiger partial charge >= 0.3 is 0 Å². The minimum atomic E-state index is -0.286. The van der Waals surface area contributed by atoms with Gasteiger partial charge in [-0.25, -0.2) is 4.98 Å². The third kappa shape index (κ3) is 2.57. The minimum Gasteiger partial charge on any atom is -0.372 e. The van der Waals surface area contributed by atoms with Gasteiger partial charge in [-0.05, 0) is 37.1 Å². The average molecular weight is 257 g/mol. The number of rotatable bonds is 3. The number of carbonyl (C=O) groups excluding carboxylic acids is 1. The van der Waals surface area contributed by atoms with Crippen molar-refractivity contribution in [2.45, 2.75) is 12.8 Å². The van der Waals surface area contributed by atoms with Crippen LogP contribution in [-0.2, 0) is 0 Å². The van der Waals surface area contributed by atoms with Crippen LogP contribution in [0.3, 0.4) is 0 Å². The SMILES string of the molecule is O=C(Nc1ccc(N2CCCC2)cc1)c1ncn[nH]1. The lowest BCUT2D eigenvalue weighted by molar-refractivity contribution is 0.101. The van der Waals surface area contributed by atoms with Crippen LogP contribution in [0.15, 0.2) is 30.6 Å². The van der Waals surface area contributed by atoms with Gasteiger partial charge in [0.05, 0.1) is 0 Å². The second kappa shape index (κ2) is 5.09. The van der Waals surface area contributed by atoms with Crippen LogP contribution in [-0.4, -0.2) is 34.2 Å². The van der Waals surface area contributed by atoms with Gasteiger partial charge in [0.2, 0.25) is 5.82 Å². The molecular formula is C13H15N5O. The van der Waals surface area contributed by atoms with E-state index < -0.39 is 0 Å². The largest absolute Gasteiger partial charge is 0.372 e. The molecule has 1 aromatic carbocycles. The summed E-state index contributed by atoms with van der Waals surface area (Å²) in [4.78, 5) is 17.9. The van der Waals surface area contributed by atoms with E-state index in [-0.39, 0.29) is 11.7 Å².